The molecule has 0 saturated carbocycles. The van der Waals surface area contributed by atoms with Crippen molar-refractivity contribution < 1.29 is 19.1 Å². The Morgan fingerprint density at radius 1 is 0.880 bits per heavy atom. The number of rotatable bonds is 1. The van der Waals surface area contributed by atoms with Gasteiger partial charge in [0.1, 0.15) is 6.73 Å². The summed E-state index contributed by atoms with van der Waals surface area (Å²) in [5, 5.41) is 0. The Balaban J connectivity index is 1.82. The van der Waals surface area contributed by atoms with Gasteiger partial charge in [0.05, 0.1) is 23.4 Å². The maximum Gasteiger partial charge on any atom is 0.266 e. The summed E-state index contributed by atoms with van der Waals surface area (Å²) in [5.74, 6) is -1.01. The molecule has 0 aliphatic carbocycles. The molecule has 2 aromatic rings. The van der Waals surface area contributed by atoms with Crippen LogP contribution in [0.3, 0.4) is 0 Å². The highest BCUT2D eigenvalue weighted by atomic mass is 16.5. The predicted molar refractivity (Wildman–Crippen MR) is 90.5 cm³/mol. The summed E-state index contributed by atoms with van der Waals surface area (Å²) in [4.78, 5) is 40.6. The molecule has 25 heavy (non-hydrogen) atoms. The molecule has 2 aliphatic heterocycles. The SMILES string of the molecule is Cc1ccc(N2C(=O)c3cc4c(cc3C2=O)C(=O)N(C)COC4)cc1. The minimum atomic E-state index is -0.410. The van der Waals surface area contributed by atoms with Crippen LogP contribution in [0.25, 0.3) is 0 Å². The number of hydrogen-bond acceptors (Lipinski definition) is 4. The van der Waals surface area contributed by atoms with Gasteiger partial charge in [-0.25, -0.2) is 4.90 Å². The van der Waals surface area contributed by atoms with Crippen LogP contribution in [0.1, 0.15) is 42.2 Å². The van der Waals surface area contributed by atoms with E-state index in [1.54, 1.807) is 25.2 Å². The Hall–Kier alpha value is -2.99. The van der Waals surface area contributed by atoms with E-state index >= 15 is 0 Å². The molecule has 0 spiro atoms. The summed E-state index contributed by atoms with van der Waals surface area (Å²) in [6.07, 6.45) is 0. The van der Waals surface area contributed by atoms with Gasteiger partial charge < -0.3 is 9.64 Å². The van der Waals surface area contributed by atoms with Gasteiger partial charge in [0.15, 0.2) is 0 Å². The van der Waals surface area contributed by atoms with E-state index in [0.717, 1.165) is 10.5 Å². The number of imide groups is 1. The van der Waals surface area contributed by atoms with Crippen LogP contribution in [0, 0.1) is 6.92 Å². The maximum absolute atomic E-state index is 12.8. The second kappa shape index (κ2) is 5.53. The third-order valence-electron chi connectivity index (χ3n) is 4.52. The molecule has 4 rings (SSSR count). The van der Waals surface area contributed by atoms with E-state index < -0.39 is 5.91 Å². The Morgan fingerprint density at radius 3 is 2.20 bits per heavy atom. The van der Waals surface area contributed by atoms with Gasteiger partial charge in [0, 0.05) is 12.6 Å². The lowest BCUT2D eigenvalue weighted by Gasteiger charge is -2.14. The van der Waals surface area contributed by atoms with Crippen molar-refractivity contribution in [2.75, 3.05) is 18.7 Å². The highest BCUT2D eigenvalue weighted by Gasteiger charge is 2.38. The summed E-state index contributed by atoms with van der Waals surface area (Å²) < 4.78 is 5.45. The van der Waals surface area contributed by atoms with Crippen LogP contribution in [0.15, 0.2) is 36.4 Å². The summed E-state index contributed by atoms with van der Waals surface area (Å²) in [6.45, 7) is 2.34. The number of hydrogen-bond donors (Lipinski definition) is 0. The molecule has 2 aromatic carbocycles. The van der Waals surface area contributed by atoms with Gasteiger partial charge in [-0.2, -0.15) is 0 Å². The molecular weight excluding hydrogens is 320 g/mol. The fraction of sp³-hybridized carbons (Fsp3) is 0.211. The van der Waals surface area contributed by atoms with E-state index in [0.29, 0.717) is 22.4 Å². The Labute approximate surface area is 144 Å². The normalized spacial score (nSPS) is 16.8. The summed E-state index contributed by atoms with van der Waals surface area (Å²) in [5.41, 5.74) is 3.16. The first-order valence-corrected chi connectivity index (χ1v) is 7.93. The largest absolute Gasteiger partial charge is 0.356 e. The molecule has 0 unspecified atom stereocenters. The first kappa shape index (κ1) is 15.5. The van der Waals surface area contributed by atoms with E-state index in [1.807, 2.05) is 19.1 Å². The zero-order valence-corrected chi connectivity index (χ0v) is 13.9. The molecule has 0 bridgehead atoms. The van der Waals surface area contributed by atoms with E-state index in [9.17, 15) is 14.4 Å². The molecule has 126 valence electrons. The van der Waals surface area contributed by atoms with Crippen LogP contribution in [0.2, 0.25) is 0 Å². The first-order chi connectivity index (χ1) is 12.0. The predicted octanol–water partition coefficient (Wildman–Crippen LogP) is 2.36. The fourth-order valence-electron chi connectivity index (χ4n) is 3.14. The average molecular weight is 336 g/mol. The highest BCUT2D eigenvalue weighted by Crippen LogP contribution is 2.32. The Kier molecular flexibility index (Phi) is 3.43. The van der Waals surface area contributed by atoms with Crippen molar-refractivity contribution in [3.05, 3.63) is 64.2 Å². The monoisotopic (exact) mass is 336 g/mol. The number of carbonyl (C=O) groups excluding carboxylic acids is 3. The number of fused-ring (bicyclic) bond motifs is 2. The first-order valence-electron chi connectivity index (χ1n) is 7.93. The zero-order chi connectivity index (χ0) is 17.7. The van der Waals surface area contributed by atoms with Crippen LogP contribution in [0.4, 0.5) is 5.69 Å². The van der Waals surface area contributed by atoms with Gasteiger partial charge in [0.2, 0.25) is 0 Å². The molecule has 0 fully saturated rings. The van der Waals surface area contributed by atoms with Crippen molar-refractivity contribution in [2.24, 2.45) is 0 Å². The second-order valence-electron chi connectivity index (χ2n) is 6.32. The lowest BCUT2D eigenvalue weighted by molar-refractivity contribution is 0.0339. The molecule has 0 atom stereocenters. The van der Waals surface area contributed by atoms with Gasteiger partial charge in [0.25, 0.3) is 17.7 Å². The molecule has 0 radical (unpaired) electrons. The van der Waals surface area contributed by atoms with Gasteiger partial charge in [-0.05, 0) is 36.8 Å². The second-order valence-corrected chi connectivity index (χ2v) is 6.32. The van der Waals surface area contributed by atoms with Crippen LogP contribution < -0.4 is 4.90 Å². The molecule has 0 N–H and O–H groups in total. The lowest BCUT2D eigenvalue weighted by Crippen LogP contribution is -2.29. The third-order valence-corrected chi connectivity index (χ3v) is 4.52. The fourth-order valence-corrected chi connectivity index (χ4v) is 3.14. The number of benzene rings is 2. The van der Waals surface area contributed by atoms with E-state index in [4.69, 9.17) is 4.74 Å². The molecule has 2 aliphatic rings. The lowest BCUT2D eigenvalue weighted by atomic mass is 9.99. The number of nitrogens with zero attached hydrogens (tertiary/aromatic N) is 2. The maximum atomic E-state index is 12.8. The molecule has 2 heterocycles. The van der Waals surface area contributed by atoms with Crippen LogP contribution in [0.5, 0.6) is 0 Å². The van der Waals surface area contributed by atoms with Gasteiger partial charge >= 0.3 is 0 Å². The summed E-state index contributed by atoms with van der Waals surface area (Å²) in [7, 11) is 1.64. The number of carbonyl (C=O) groups is 3. The minimum absolute atomic E-state index is 0.176. The Bertz CT molecular complexity index is 918. The number of anilines is 1. The average Bonchev–Trinajstić information content (AvgIpc) is 2.75. The molecular formula is C19H16N2O4. The van der Waals surface area contributed by atoms with Gasteiger partial charge in [-0.1, -0.05) is 17.7 Å². The van der Waals surface area contributed by atoms with Crippen molar-refractivity contribution in [1.82, 2.24) is 4.90 Å². The molecule has 6 nitrogen and oxygen atoms in total. The van der Waals surface area contributed by atoms with Crippen molar-refractivity contribution in [2.45, 2.75) is 13.5 Å². The third kappa shape index (κ3) is 2.34. The number of ether oxygens (including phenoxy) is 1. The molecule has 0 saturated heterocycles. The van der Waals surface area contributed by atoms with Crippen molar-refractivity contribution >= 4 is 23.4 Å². The Morgan fingerprint density at radius 2 is 1.52 bits per heavy atom. The number of aryl methyl sites for hydroxylation is 1. The van der Waals surface area contributed by atoms with Crippen molar-refractivity contribution in [1.29, 1.82) is 0 Å². The summed E-state index contributed by atoms with van der Waals surface area (Å²) in [6, 6.07) is 10.3. The van der Waals surface area contributed by atoms with Crippen molar-refractivity contribution in [3.8, 4) is 0 Å². The van der Waals surface area contributed by atoms with Crippen LogP contribution in [-0.2, 0) is 11.3 Å². The number of amides is 3. The minimum Gasteiger partial charge on any atom is -0.356 e. The molecule has 0 aromatic heterocycles. The van der Waals surface area contributed by atoms with E-state index in [2.05, 4.69) is 0 Å². The van der Waals surface area contributed by atoms with Crippen LogP contribution >= 0.6 is 0 Å². The van der Waals surface area contributed by atoms with Crippen molar-refractivity contribution in [3.63, 3.8) is 0 Å². The molecule has 6 heteroatoms. The highest BCUT2D eigenvalue weighted by molar-refractivity contribution is 6.34. The molecule has 3 amide bonds. The van der Waals surface area contributed by atoms with E-state index in [-0.39, 0.29) is 30.7 Å². The van der Waals surface area contributed by atoms with Gasteiger partial charge in [-0.15, -0.1) is 0 Å². The van der Waals surface area contributed by atoms with Crippen LogP contribution in [-0.4, -0.2) is 36.4 Å². The standard InChI is InChI=1S/C19H16N2O4/c1-11-3-5-13(6-4-11)21-18(23)15-7-12-9-25-10-20(2)17(22)14(12)8-16(15)19(21)24/h3-8H,9-10H2,1-2H3. The summed E-state index contributed by atoms with van der Waals surface area (Å²) >= 11 is 0. The zero-order valence-electron chi connectivity index (χ0n) is 13.9. The van der Waals surface area contributed by atoms with E-state index in [1.165, 1.54) is 11.0 Å². The quantitative estimate of drug-likeness (QED) is 0.750. The topological polar surface area (TPSA) is 66.9 Å². The van der Waals surface area contributed by atoms with Gasteiger partial charge in [-0.3, -0.25) is 14.4 Å². The smallest absolute Gasteiger partial charge is 0.266 e.